The Morgan fingerprint density at radius 2 is 1.76 bits per heavy atom. The molecule has 7 heteroatoms. The number of thiazole rings is 1. The summed E-state index contributed by atoms with van der Waals surface area (Å²) in [4.78, 5) is 16.0. The highest BCUT2D eigenvalue weighted by molar-refractivity contribution is 7.18. The van der Waals surface area contributed by atoms with Gasteiger partial charge in [0.1, 0.15) is 16.5 Å². The summed E-state index contributed by atoms with van der Waals surface area (Å²) in [6.45, 7) is 2.94. The fourth-order valence-electron chi connectivity index (χ4n) is 3.42. The number of carboxylic acid groups (broad SMARTS) is 1. The standard InChI is InChI=1S/C26H26N2O4S/c1-2-22(26(29)30)32-20-12-8-9-18(15-20)16-27-17-23(31-19-10-4-3-5-11-19)25-28-21-13-6-7-14-24(21)33-25/h3-15,22-23,27H,2,16-17H2,1H3,(H,29,30). The van der Waals surface area contributed by atoms with Gasteiger partial charge < -0.3 is 19.9 Å². The lowest BCUT2D eigenvalue weighted by molar-refractivity contribution is -0.145. The fraction of sp³-hybridized carbons (Fsp3) is 0.231. The lowest BCUT2D eigenvalue weighted by Crippen LogP contribution is -2.26. The van der Waals surface area contributed by atoms with Crippen LogP contribution in [0.15, 0.2) is 78.9 Å². The highest BCUT2D eigenvalue weighted by Crippen LogP contribution is 2.29. The van der Waals surface area contributed by atoms with Gasteiger partial charge in [-0.25, -0.2) is 9.78 Å². The number of fused-ring (bicyclic) bond motifs is 1. The largest absolute Gasteiger partial charge is 0.482 e. The molecular formula is C26H26N2O4S. The van der Waals surface area contributed by atoms with E-state index in [1.807, 2.05) is 66.7 Å². The van der Waals surface area contributed by atoms with Gasteiger partial charge in [0.2, 0.25) is 0 Å². The van der Waals surface area contributed by atoms with Gasteiger partial charge >= 0.3 is 5.97 Å². The quantitative estimate of drug-likeness (QED) is 0.309. The molecule has 6 nitrogen and oxygen atoms in total. The predicted octanol–water partition coefficient (Wildman–Crippen LogP) is 5.45. The van der Waals surface area contributed by atoms with Crippen LogP contribution in [0.25, 0.3) is 10.2 Å². The van der Waals surface area contributed by atoms with E-state index >= 15 is 0 Å². The molecule has 2 unspecified atom stereocenters. The van der Waals surface area contributed by atoms with E-state index in [9.17, 15) is 9.90 Å². The topological polar surface area (TPSA) is 80.7 Å². The summed E-state index contributed by atoms with van der Waals surface area (Å²) in [6, 6.07) is 25.3. The number of ether oxygens (including phenoxy) is 2. The molecule has 0 fully saturated rings. The maximum absolute atomic E-state index is 11.3. The van der Waals surface area contributed by atoms with Crippen molar-refractivity contribution in [2.24, 2.45) is 0 Å². The lowest BCUT2D eigenvalue weighted by atomic mass is 10.2. The fourth-order valence-corrected chi connectivity index (χ4v) is 4.42. The minimum Gasteiger partial charge on any atom is -0.482 e. The third-order valence-electron chi connectivity index (χ3n) is 5.09. The third kappa shape index (κ3) is 6.09. The minimum absolute atomic E-state index is 0.249. The van der Waals surface area contributed by atoms with Crippen LogP contribution in [0.3, 0.4) is 0 Å². The number of carboxylic acids is 1. The molecule has 170 valence electrons. The van der Waals surface area contributed by atoms with Gasteiger partial charge in [-0.2, -0.15) is 0 Å². The Balaban J connectivity index is 1.45. The van der Waals surface area contributed by atoms with E-state index < -0.39 is 12.1 Å². The lowest BCUT2D eigenvalue weighted by Gasteiger charge is -2.18. The van der Waals surface area contributed by atoms with E-state index in [-0.39, 0.29) is 6.10 Å². The summed E-state index contributed by atoms with van der Waals surface area (Å²) in [7, 11) is 0. The smallest absolute Gasteiger partial charge is 0.344 e. The van der Waals surface area contributed by atoms with Crippen LogP contribution in [0.4, 0.5) is 0 Å². The van der Waals surface area contributed by atoms with Crippen LogP contribution < -0.4 is 14.8 Å². The molecule has 0 aliphatic rings. The van der Waals surface area contributed by atoms with Gasteiger partial charge in [0.05, 0.1) is 10.2 Å². The Bertz CT molecular complexity index is 1160. The predicted molar refractivity (Wildman–Crippen MR) is 130 cm³/mol. The van der Waals surface area contributed by atoms with Gasteiger partial charge in [-0.3, -0.25) is 0 Å². The van der Waals surface area contributed by atoms with Gasteiger partial charge in [-0.15, -0.1) is 11.3 Å². The maximum Gasteiger partial charge on any atom is 0.344 e. The zero-order valence-corrected chi connectivity index (χ0v) is 19.1. The number of aromatic nitrogens is 1. The summed E-state index contributed by atoms with van der Waals surface area (Å²) >= 11 is 1.63. The minimum atomic E-state index is -0.960. The number of para-hydroxylation sites is 2. The molecule has 0 aliphatic carbocycles. The van der Waals surface area contributed by atoms with Crippen LogP contribution in [0.2, 0.25) is 0 Å². The third-order valence-corrected chi connectivity index (χ3v) is 6.22. The number of rotatable bonds is 11. The van der Waals surface area contributed by atoms with E-state index in [1.165, 1.54) is 0 Å². The van der Waals surface area contributed by atoms with Gasteiger partial charge in [0.15, 0.2) is 12.2 Å². The number of aliphatic carboxylic acids is 1. The van der Waals surface area contributed by atoms with Crippen LogP contribution in [0, 0.1) is 0 Å². The summed E-state index contributed by atoms with van der Waals surface area (Å²) in [6.07, 6.45) is -0.699. The van der Waals surface area contributed by atoms with Crippen molar-refractivity contribution in [2.45, 2.75) is 32.1 Å². The molecule has 2 N–H and O–H groups in total. The Morgan fingerprint density at radius 3 is 2.52 bits per heavy atom. The van der Waals surface area contributed by atoms with Crippen molar-refractivity contribution in [2.75, 3.05) is 6.54 Å². The molecule has 4 aromatic rings. The molecule has 0 radical (unpaired) electrons. The zero-order valence-electron chi connectivity index (χ0n) is 18.3. The molecular weight excluding hydrogens is 436 g/mol. The van der Waals surface area contributed by atoms with Crippen LogP contribution in [-0.4, -0.2) is 28.7 Å². The van der Waals surface area contributed by atoms with Gasteiger partial charge in [-0.05, 0) is 48.4 Å². The number of carbonyl (C=O) groups is 1. The van der Waals surface area contributed by atoms with Crippen molar-refractivity contribution < 1.29 is 19.4 Å². The Hall–Kier alpha value is -3.42. The van der Waals surface area contributed by atoms with Gasteiger partial charge in [-0.1, -0.05) is 49.4 Å². The van der Waals surface area contributed by atoms with Crippen molar-refractivity contribution >= 4 is 27.5 Å². The second kappa shape index (κ2) is 10.9. The molecule has 3 aromatic carbocycles. The molecule has 0 saturated heterocycles. The second-order valence-corrected chi connectivity index (χ2v) is 8.63. The van der Waals surface area contributed by atoms with Gasteiger partial charge in [0.25, 0.3) is 0 Å². The first-order chi connectivity index (χ1) is 16.1. The highest BCUT2D eigenvalue weighted by Gasteiger charge is 2.19. The van der Waals surface area contributed by atoms with E-state index in [0.717, 1.165) is 26.5 Å². The Labute approximate surface area is 196 Å². The molecule has 33 heavy (non-hydrogen) atoms. The molecule has 0 bridgehead atoms. The van der Waals surface area contributed by atoms with Crippen molar-refractivity contribution in [3.63, 3.8) is 0 Å². The summed E-state index contributed by atoms with van der Waals surface area (Å²) < 4.78 is 13.0. The monoisotopic (exact) mass is 462 g/mol. The average molecular weight is 463 g/mol. The first-order valence-corrected chi connectivity index (χ1v) is 11.7. The number of nitrogens with zero attached hydrogens (tertiary/aromatic N) is 1. The molecule has 0 amide bonds. The SMILES string of the molecule is CCC(Oc1cccc(CNCC(Oc2ccccc2)c2nc3ccccc3s2)c1)C(=O)O. The molecule has 1 aromatic heterocycles. The van der Waals surface area contributed by atoms with Crippen molar-refractivity contribution in [3.05, 3.63) is 89.4 Å². The maximum atomic E-state index is 11.3. The number of hydrogen-bond acceptors (Lipinski definition) is 6. The van der Waals surface area contributed by atoms with Crippen molar-refractivity contribution in [1.82, 2.24) is 10.3 Å². The van der Waals surface area contributed by atoms with E-state index in [4.69, 9.17) is 14.5 Å². The normalized spacial score (nSPS) is 12.9. The summed E-state index contributed by atoms with van der Waals surface area (Å²) in [5, 5.41) is 13.6. The van der Waals surface area contributed by atoms with Crippen LogP contribution in [0.1, 0.15) is 30.0 Å². The van der Waals surface area contributed by atoms with Gasteiger partial charge in [0, 0.05) is 13.1 Å². The zero-order chi connectivity index (χ0) is 23.0. The first-order valence-electron chi connectivity index (χ1n) is 10.9. The van der Waals surface area contributed by atoms with Crippen molar-refractivity contribution in [3.8, 4) is 11.5 Å². The average Bonchev–Trinajstić information content (AvgIpc) is 3.27. The number of benzene rings is 3. The molecule has 2 atom stereocenters. The Morgan fingerprint density at radius 1 is 1.00 bits per heavy atom. The number of nitrogens with one attached hydrogen (secondary N) is 1. The molecule has 0 spiro atoms. The van der Waals surface area contributed by atoms with Crippen molar-refractivity contribution in [1.29, 1.82) is 0 Å². The van der Waals surface area contributed by atoms with Crippen LogP contribution >= 0.6 is 11.3 Å². The first kappa shape index (κ1) is 22.8. The van der Waals surface area contributed by atoms with E-state index in [2.05, 4.69) is 11.4 Å². The Kier molecular flexibility index (Phi) is 7.55. The summed E-state index contributed by atoms with van der Waals surface area (Å²) in [5.41, 5.74) is 1.96. The molecule has 1 heterocycles. The van der Waals surface area contributed by atoms with Crippen LogP contribution in [-0.2, 0) is 11.3 Å². The highest BCUT2D eigenvalue weighted by atomic mass is 32.1. The molecule has 4 rings (SSSR count). The molecule has 0 aliphatic heterocycles. The second-order valence-electron chi connectivity index (χ2n) is 7.57. The number of hydrogen-bond donors (Lipinski definition) is 2. The molecule has 0 saturated carbocycles. The van der Waals surface area contributed by atoms with Crippen LogP contribution in [0.5, 0.6) is 11.5 Å². The van der Waals surface area contributed by atoms with E-state index in [1.54, 1.807) is 24.3 Å². The van der Waals surface area contributed by atoms with E-state index in [0.29, 0.717) is 25.3 Å². The summed E-state index contributed by atoms with van der Waals surface area (Å²) in [5.74, 6) is 0.378.